The number of allylic oxidation sites excluding steroid dienone is 2. The molecule has 0 aromatic heterocycles. The van der Waals surface area contributed by atoms with Crippen LogP contribution in [0.25, 0.3) is 0 Å². The Hall–Kier alpha value is -0.920. The van der Waals surface area contributed by atoms with Crippen molar-refractivity contribution >= 4 is 12.1 Å². The molecule has 3 aliphatic carbocycles. The first-order valence-corrected chi connectivity index (χ1v) is 5.15. The number of hydrogen-bond donors (Lipinski definition) is 0. The summed E-state index contributed by atoms with van der Waals surface area (Å²) in [6, 6.07) is 0. The zero-order valence-electron chi connectivity index (χ0n) is 8.96. The van der Waals surface area contributed by atoms with E-state index in [0.717, 1.165) is 19.1 Å². The minimum absolute atomic E-state index is 0.242. The van der Waals surface area contributed by atoms with Gasteiger partial charge in [0.1, 0.15) is 12.1 Å². The Labute approximate surface area is 84.4 Å². The van der Waals surface area contributed by atoms with Crippen LogP contribution < -0.4 is 0 Å². The van der Waals surface area contributed by atoms with Crippen molar-refractivity contribution in [2.75, 3.05) is 0 Å². The van der Waals surface area contributed by atoms with Gasteiger partial charge in [-0.05, 0) is 25.7 Å². The first kappa shape index (κ1) is 9.63. The minimum atomic E-state index is -0.500. The average molecular weight is 192 g/mol. The van der Waals surface area contributed by atoms with Gasteiger partial charge in [-0.1, -0.05) is 19.9 Å². The van der Waals surface area contributed by atoms with Gasteiger partial charge in [0.05, 0.1) is 5.41 Å². The van der Waals surface area contributed by atoms with Crippen LogP contribution in [0.5, 0.6) is 0 Å². The summed E-state index contributed by atoms with van der Waals surface area (Å²) in [6.07, 6.45) is 4.74. The fourth-order valence-corrected chi connectivity index (χ4v) is 2.94. The van der Waals surface area contributed by atoms with Crippen molar-refractivity contribution in [1.82, 2.24) is 0 Å². The molecule has 0 spiro atoms. The summed E-state index contributed by atoms with van der Waals surface area (Å²) in [5.74, 6) is 0.503. The molecule has 14 heavy (non-hydrogen) atoms. The predicted octanol–water partition coefficient (Wildman–Crippen LogP) is 2.14. The van der Waals surface area contributed by atoms with Crippen LogP contribution in [0.2, 0.25) is 0 Å². The smallest absolute Gasteiger partial charge is 0.149 e. The maximum Gasteiger partial charge on any atom is 0.149 e. The summed E-state index contributed by atoms with van der Waals surface area (Å²) < 4.78 is 0. The third-order valence-electron chi connectivity index (χ3n) is 4.11. The molecule has 3 rings (SSSR count). The lowest BCUT2D eigenvalue weighted by atomic mass is 9.51. The van der Waals surface area contributed by atoms with Gasteiger partial charge in [-0.15, -0.1) is 0 Å². The molecule has 0 aromatic carbocycles. The Morgan fingerprint density at radius 3 is 2.64 bits per heavy atom. The second-order valence-electron chi connectivity index (χ2n) is 5.27. The molecule has 0 saturated heterocycles. The van der Waals surface area contributed by atoms with Crippen LogP contribution in [0.4, 0.5) is 0 Å². The van der Waals surface area contributed by atoms with Gasteiger partial charge < -0.3 is 0 Å². The zero-order valence-corrected chi connectivity index (χ0v) is 8.96. The molecule has 0 heterocycles. The Morgan fingerprint density at radius 2 is 2.07 bits per heavy atom. The van der Waals surface area contributed by atoms with E-state index in [0.29, 0.717) is 5.57 Å². The number of carbonyl (C=O) groups excluding carboxylic acids is 2. The normalized spacial score (nSPS) is 39.5. The van der Waals surface area contributed by atoms with Gasteiger partial charge in [0, 0.05) is 11.0 Å². The maximum atomic E-state index is 12.2. The van der Waals surface area contributed by atoms with E-state index in [-0.39, 0.29) is 17.1 Å². The SMILES string of the molecule is CC1(C)C(=O)[C@@]2(C)CC[C@@H]1C=C2C=O. The molecule has 3 aliphatic rings. The molecule has 1 saturated carbocycles. The lowest BCUT2D eigenvalue weighted by Gasteiger charge is -2.50. The number of carbonyl (C=O) groups is 2. The fourth-order valence-electron chi connectivity index (χ4n) is 2.94. The fraction of sp³-hybridized carbons (Fsp3) is 0.667. The topological polar surface area (TPSA) is 34.1 Å². The van der Waals surface area contributed by atoms with E-state index in [9.17, 15) is 9.59 Å². The van der Waals surface area contributed by atoms with Gasteiger partial charge in [0.15, 0.2) is 0 Å². The van der Waals surface area contributed by atoms with Crippen LogP contribution in [-0.4, -0.2) is 12.1 Å². The van der Waals surface area contributed by atoms with Crippen molar-refractivity contribution in [2.45, 2.75) is 33.6 Å². The van der Waals surface area contributed by atoms with Gasteiger partial charge >= 0.3 is 0 Å². The molecule has 2 bridgehead atoms. The minimum Gasteiger partial charge on any atom is -0.298 e. The molecule has 0 unspecified atom stereocenters. The first-order chi connectivity index (χ1) is 6.43. The predicted molar refractivity (Wildman–Crippen MR) is 53.8 cm³/mol. The van der Waals surface area contributed by atoms with Crippen LogP contribution in [0.3, 0.4) is 0 Å². The number of rotatable bonds is 1. The third-order valence-corrected chi connectivity index (χ3v) is 4.11. The van der Waals surface area contributed by atoms with E-state index in [1.165, 1.54) is 0 Å². The van der Waals surface area contributed by atoms with E-state index < -0.39 is 5.41 Å². The highest BCUT2D eigenvalue weighted by molar-refractivity contribution is 6.00. The quantitative estimate of drug-likeness (QED) is 0.596. The molecule has 0 amide bonds. The van der Waals surface area contributed by atoms with Crippen molar-refractivity contribution in [3.05, 3.63) is 11.6 Å². The molecule has 2 nitrogen and oxygen atoms in total. The third kappa shape index (κ3) is 0.915. The standard InChI is InChI=1S/C12H16O2/c1-11(2)8-4-5-12(3,10(11)14)9(6-8)7-13/h6-8H,4-5H2,1-3H3/t8-,12+/m1/s1. The number of ketones is 1. The number of hydrogen-bond acceptors (Lipinski definition) is 2. The molecular weight excluding hydrogens is 176 g/mol. The summed E-state index contributed by atoms with van der Waals surface area (Å²) in [4.78, 5) is 23.1. The molecule has 2 atom stereocenters. The molecule has 0 aliphatic heterocycles. The Balaban J connectivity index is 2.58. The van der Waals surface area contributed by atoms with Crippen molar-refractivity contribution in [2.24, 2.45) is 16.7 Å². The summed E-state index contributed by atoms with van der Waals surface area (Å²) in [5, 5.41) is 0. The van der Waals surface area contributed by atoms with Gasteiger partial charge in [-0.25, -0.2) is 0 Å². The van der Waals surface area contributed by atoms with Crippen molar-refractivity contribution in [3.8, 4) is 0 Å². The van der Waals surface area contributed by atoms with E-state index >= 15 is 0 Å². The van der Waals surface area contributed by atoms with Crippen LogP contribution in [0.1, 0.15) is 33.6 Å². The summed E-state index contributed by atoms with van der Waals surface area (Å²) in [6.45, 7) is 5.90. The van der Waals surface area contributed by atoms with Gasteiger partial charge in [-0.2, -0.15) is 0 Å². The summed E-state index contributed by atoms with van der Waals surface area (Å²) in [7, 11) is 0. The van der Waals surface area contributed by atoms with Crippen LogP contribution in [0.15, 0.2) is 11.6 Å². The van der Waals surface area contributed by atoms with E-state index in [4.69, 9.17) is 0 Å². The zero-order chi connectivity index (χ0) is 10.6. The molecular formula is C12H16O2. The van der Waals surface area contributed by atoms with Crippen molar-refractivity contribution < 1.29 is 9.59 Å². The second-order valence-corrected chi connectivity index (χ2v) is 5.27. The van der Waals surface area contributed by atoms with Crippen molar-refractivity contribution in [1.29, 1.82) is 0 Å². The highest BCUT2D eigenvalue weighted by atomic mass is 16.1. The van der Waals surface area contributed by atoms with Crippen molar-refractivity contribution in [3.63, 3.8) is 0 Å². The number of Topliss-reactive ketones (excluding diaryl/α,β-unsaturated/α-hetero) is 1. The van der Waals surface area contributed by atoms with Gasteiger partial charge in [0.25, 0.3) is 0 Å². The molecule has 0 aromatic rings. The summed E-state index contributed by atoms with van der Waals surface area (Å²) >= 11 is 0. The molecule has 1 fully saturated rings. The van der Waals surface area contributed by atoms with E-state index in [2.05, 4.69) is 0 Å². The molecule has 2 heteroatoms. The largest absolute Gasteiger partial charge is 0.298 e. The van der Waals surface area contributed by atoms with Gasteiger partial charge in [-0.3, -0.25) is 9.59 Å². The second kappa shape index (κ2) is 2.56. The maximum absolute atomic E-state index is 12.2. The van der Waals surface area contributed by atoms with E-state index in [1.807, 2.05) is 26.8 Å². The highest BCUT2D eigenvalue weighted by Crippen LogP contribution is 2.54. The lowest BCUT2D eigenvalue weighted by Crippen LogP contribution is -2.52. The number of aldehydes is 1. The molecule has 0 radical (unpaired) electrons. The average Bonchev–Trinajstić information content (AvgIpc) is 2.14. The highest BCUT2D eigenvalue weighted by Gasteiger charge is 2.55. The molecule has 0 N–H and O–H groups in total. The monoisotopic (exact) mass is 192 g/mol. The van der Waals surface area contributed by atoms with Crippen LogP contribution >= 0.6 is 0 Å². The molecule has 76 valence electrons. The van der Waals surface area contributed by atoms with Crippen LogP contribution in [0, 0.1) is 16.7 Å². The first-order valence-electron chi connectivity index (χ1n) is 5.15. The Bertz CT molecular complexity index is 338. The Morgan fingerprint density at radius 1 is 1.43 bits per heavy atom. The lowest BCUT2D eigenvalue weighted by molar-refractivity contribution is -0.143. The number of fused-ring (bicyclic) bond motifs is 2. The van der Waals surface area contributed by atoms with Crippen LogP contribution in [-0.2, 0) is 9.59 Å². The summed E-state index contributed by atoms with van der Waals surface area (Å²) in [5.41, 5.74) is -0.0717. The Kier molecular flexibility index (Phi) is 1.76. The van der Waals surface area contributed by atoms with E-state index in [1.54, 1.807) is 0 Å². The van der Waals surface area contributed by atoms with Gasteiger partial charge in [0.2, 0.25) is 0 Å².